The normalized spacial score (nSPS) is 20.6. The molecule has 0 aromatic carbocycles. The smallest absolute Gasteiger partial charge is 0.272 e. The van der Waals surface area contributed by atoms with E-state index >= 15 is 0 Å². The Hall–Kier alpha value is -1.03. The minimum Gasteiger partial charge on any atom is -0.336 e. The van der Waals surface area contributed by atoms with Crippen LogP contribution in [0.1, 0.15) is 35.9 Å². The summed E-state index contributed by atoms with van der Waals surface area (Å²) in [4.78, 5) is 14.2. The van der Waals surface area contributed by atoms with Crippen molar-refractivity contribution >= 4 is 17.5 Å². The molecule has 1 atom stereocenters. The van der Waals surface area contributed by atoms with E-state index in [-0.39, 0.29) is 11.3 Å². The molecule has 5 heteroatoms. The Labute approximate surface area is 107 Å². The highest BCUT2D eigenvalue weighted by molar-refractivity contribution is 6.21. The Morgan fingerprint density at radius 1 is 1.65 bits per heavy atom. The van der Waals surface area contributed by atoms with Gasteiger partial charge in [-0.05, 0) is 32.8 Å². The van der Waals surface area contributed by atoms with Gasteiger partial charge in [0.25, 0.3) is 5.91 Å². The molecule has 2 heterocycles. The minimum absolute atomic E-state index is 0.0535. The van der Waals surface area contributed by atoms with E-state index in [2.05, 4.69) is 5.10 Å². The van der Waals surface area contributed by atoms with Crippen molar-refractivity contribution < 1.29 is 4.79 Å². The first-order valence-electron chi connectivity index (χ1n) is 6.09. The number of alkyl halides is 1. The van der Waals surface area contributed by atoms with E-state index < -0.39 is 0 Å². The molecule has 2 rings (SSSR count). The van der Waals surface area contributed by atoms with Crippen molar-refractivity contribution in [3.05, 3.63) is 17.5 Å². The molecular weight excluding hydrogens is 238 g/mol. The number of rotatable bonds is 2. The van der Waals surface area contributed by atoms with Crippen LogP contribution in [0.25, 0.3) is 0 Å². The molecule has 0 radical (unpaired) electrons. The molecule has 1 aromatic rings. The van der Waals surface area contributed by atoms with Crippen molar-refractivity contribution in [3.63, 3.8) is 0 Å². The number of likely N-dealkylation sites (tertiary alicyclic amines) is 1. The summed E-state index contributed by atoms with van der Waals surface area (Å²) >= 11 is 6.11. The van der Waals surface area contributed by atoms with Crippen molar-refractivity contribution in [2.24, 2.45) is 0 Å². The molecule has 1 saturated heterocycles. The molecule has 0 N–H and O–H groups in total. The Kier molecular flexibility index (Phi) is 3.72. The lowest BCUT2D eigenvalue weighted by molar-refractivity contribution is 0.0714. The van der Waals surface area contributed by atoms with Crippen LogP contribution in [0.5, 0.6) is 0 Å². The summed E-state index contributed by atoms with van der Waals surface area (Å²) in [6.07, 6.45) is 1.98. The number of carbonyl (C=O) groups excluding carboxylic acids is 1. The van der Waals surface area contributed by atoms with Gasteiger partial charge in [0.15, 0.2) is 0 Å². The summed E-state index contributed by atoms with van der Waals surface area (Å²) in [6.45, 7) is 6.06. The van der Waals surface area contributed by atoms with Crippen LogP contribution in [0.3, 0.4) is 0 Å². The third-order valence-electron chi connectivity index (χ3n) is 3.07. The van der Waals surface area contributed by atoms with Crippen LogP contribution >= 0.6 is 11.6 Å². The van der Waals surface area contributed by atoms with Crippen molar-refractivity contribution in [2.75, 3.05) is 13.1 Å². The summed E-state index contributed by atoms with van der Waals surface area (Å²) < 4.78 is 1.76. The van der Waals surface area contributed by atoms with Gasteiger partial charge in [-0.1, -0.05) is 0 Å². The molecule has 4 nitrogen and oxygen atoms in total. The second-order valence-corrected chi connectivity index (χ2v) is 5.09. The number of hydrogen-bond donors (Lipinski definition) is 0. The van der Waals surface area contributed by atoms with E-state index in [1.807, 2.05) is 24.8 Å². The van der Waals surface area contributed by atoms with E-state index in [1.165, 1.54) is 0 Å². The van der Waals surface area contributed by atoms with Gasteiger partial charge in [0.2, 0.25) is 0 Å². The summed E-state index contributed by atoms with van der Waals surface area (Å²) in [5.41, 5.74) is 1.56. The first-order valence-corrected chi connectivity index (χ1v) is 6.53. The molecule has 1 unspecified atom stereocenters. The Morgan fingerprint density at radius 2 is 2.41 bits per heavy atom. The van der Waals surface area contributed by atoms with Gasteiger partial charge < -0.3 is 4.90 Å². The van der Waals surface area contributed by atoms with Crippen molar-refractivity contribution in [3.8, 4) is 0 Å². The fourth-order valence-corrected chi connectivity index (χ4v) is 2.55. The lowest BCUT2D eigenvalue weighted by atomic mass is 10.1. The molecule has 1 aliphatic rings. The molecule has 0 bridgehead atoms. The fourth-order valence-electron chi connectivity index (χ4n) is 2.23. The highest BCUT2D eigenvalue weighted by Crippen LogP contribution is 2.18. The van der Waals surface area contributed by atoms with Gasteiger partial charge in [-0.3, -0.25) is 9.48 Å². The van der Waals surface area contributed by atoms with Crippen LogP contribution in [-0.2, 0) is 6.54 Å². The second kappa shape index (κ2) is 5.08. The molecule has 0 aliphatic carbocycles. The standard InChI is InChI=1S/C12H18ClN3O/c1-3-16-11(7-9(2)14-16)12(17)15-6-4-5-10(13)8-15/h7,10H,3-6,8H2,1-2H3. The minimum atomic E-state index is 0.0535. The van der Waals surface area contributed by atoms with Crippen molar-refractivity contribution in [1.29, 1.82) is 0 Å². The zero-order valence-corrected chi connectivity index (χ0v) is 11.1. The third-order valence-corrected chi connectivity index (χ3v) is 3.43. The fraction of sp³-hybridized carbons (Fsp3) is 0.667. The van der Waals surface area contributed by atoms with E-state index in [9.17, 15) is 4.79 Å². The van der Waals surface area contributed by atoms with Gasteiger partial charge in [-0.25, -0.2) is 0 Å². The van der Waals surface area contributed by atoms with Gasteiger partial charge in [-0.2, -0.15) is 5.10 Å². The largest absolute Gasteiger partial charge is 0.336 e. The zero-order valence-electron chi connectivity index (χ0n) is 10.3. The first kappa shape index (κ1) is 12.4. The molecule has 17 heavy (non-hydrogen) atoms. The highest BCUT2D eigenvalue weighted by atomic mass is 35.5. The highest BCUT2D eigenvalue weighted by Gasteiger charge is 2.25. The Balaban J connectivity index is 2.18. The van der Waals surface area contributed by atoms with Crippen LogP contribution in [0.15, 0.2) is 6.07 Å². The number of piperidine rings is 1. The summed E-state index contributed by atoms with van der Waals surface area (Å²) in [5, 5.41) is 4.39. The van der Waals surface area contributed by atoms with E-state index in [4.69, 9.17) is 11.6 Å². The van der Waals surface area contributed by atoms with Crippen LogP contribution in [0.2, 0.25) is 0 Å². The van der Waals surface area contributed by atoms with Crippen molar-refractivity contribution in [2.45, 2.75) is 38.6 Å². The SMILES string of the molecule is CCn1nc(C)cc1C(=O)N1CCCC(Cl)C1. The lowest BCUT2D eigenvalue weighted by Crippen LogP contribution is -2.41. The summed E-state index contributed by atoms with van der Waals surface area (Å²) in [6, 6.07) is 1.85. The van der Waals surface area contributed by atoms with Crippen LogP contribution < -0.4 is 0 Å². The number of amides is 1. The lowest BCUT2D eigenvalue weighted by Gasteiger charge is -2.29. The number of aryl methyl sites for hydroxylation is 2. The summed E-state index contributed by atoms with van der Waals surface area (Å²) in [7, 11) is 0. The molecule has 0 saturated carbocycles. The predicted octanol–water partition coefficient (Wildman–Crippen LogP) is 2.05. The second-order valence-electron chi connectivity index (χ2n) is 4.48. The van der Waals surface area contributed by atoms with Crippen LogP contribution in [0.4, 0.5) is 0 Å². The van der Waals surface area contributed by atoms with Gasteiger partial charge in [0.1, 0.15) is 5.69 Å². The van der Waals surface area contributed by atoms with Gasteiger partial charge in [0.05, 0.1) is 11.1 Å². The maximum absolute atomic E-state index is 12.3. The monoisotopic (exact) mass is 255 g/mol. The van der Waals surface area contributed by atoms with Crippen molar-refractivity contribution in [1.82, 2.24) is 14.7 Å². The molecule has 1 amide bonds. The molecule has 94 valence electrons. The Morgan fingerprint density at radius 3 is 3.06 bits per heavy atom. The van der Waals surface area contributed by atoms with Gasteiger partial charge in [-0.15, -0.1) is 11.6 Å². The molecule has 1 fully saturated rings. The summed E-state index contributed by atoms with van der Waals surface area (Å²) in [5.74, 6) is 0.0535. The average molecular weight is 256 g/mol. The first-order chi connectivity index (χ1) is 8.11. The number of aromatic nitrogens is 2. The zero-order chi connectivity index (χ0) is 12.4. The molecule has 1 aromatic heterocycles. The van der Waals surface area contributed by atoms with E-state index in [0.717, 1.165) is 25.1 Å². The number of nitrogens with zero attached hydrogens (tertiary/aromatic N) is 3. The maximum Gasteiger partial charge on any atom is 0.272 e. The average Bonchev–Trinajstić information content (AvgIpc) is 2.69. The van der Waals surface area contributed by atoms with Crippen LogP contribution in [-0.4, -0.2) is 39.1 Å². The third kappa shape index (κ3) is 2.63. The maximum atomic E-state index is 12.3. The van der Waals surface area contributed by atoms with Gasteiger partial charge >= 0.3 is 0 Å². The number of carbonyl (C=O) groups is 1. The van der Waals surface area contributed by atoms with Gasteiger partial charge in [0, 0.05) is 19.6 Å². The molecular formula is C12H18ClN3O. The van der Waals surface area contributed by atoms with E-state index in [1.54, 1.807) is 4.68 Å². The quantitative estimate of drug-likeness (QED) is 0.759. The number of halogens is 1. The number of hydrogen-bond acceptors (Lipinski definition) is 2. The van der Waals surface area contributed by atoms with E-state index in [0.29, 0.717) is 18.8 Å². The Bertz CT molecular complexity index is 416. The molecule has 0 spiro atoms. The predicted molar refractivity (Wildman–Crippen MR) is 67.4 cm³/mol. The van der Waals surface area contributed by atoms with Crippen LogP contribution in [0, 0.1) is 6.92 Å². The topological polar surface area (TPSA) is 38.1 Å². The molecule has 1 aliphatic heterocycles.